The zero-order chi connectivity index (χ0) is 21.9. The Balaban J connectivity index is 2.01. The number of carbonyl (C=O) groups is 1. The molecule has 1 atom stereocenters. The quantitative estimate of drug-likeness (QED) is 0.326. The van der Waals surface area contributed by atoms with E-state index in [4.69, 9.17) is 9.47 Å². The van der Waals surface area contributed by atoms with Crippen molar-refractivity contribution in [1.82, 2.24) is 4.90 Å². The predicted molar refractivity (Wildman–Crippen MR) is 123 cm³/mol. The van der Waals surface area contributed by atoms with Gasteiger partial charge in [0.25, 0.3) is 0 Å². The highest BCUT2D eigenvalue weighted by molar-refractivity contribution is 5.73. The van der Waals surface area contributed by atoms with Gasteiger partial charge in [-0.25, -0.2) is 0 Å². The third-order valence-electron chi connectivity index (χ3n) is 5.37. The smallest absolute Gasteiger partial charge is 0.311 e. The van der Waals surface area contributed by atoms with E-state index in [-0.39, 0.29) is 11.9 Å². The summed E-state index contributed by atoms with van der Waals surface area (Å²) in [7, 11) is 0. The first-order valence-electron chi connectivity index (χ1n) is 11.1. The number of rotatable bonds is 12. The van der Waals surface area contributed by atoms with Gasteiger partial charge in [-0.1, -0.05) is 42.5 Å². The van der Waals surface area contributed by atoms with E-state index in [1.165, 1.54) is 5.56 Å². The lowest BCUT2D eigenvalue weighted by Gasteiger charge is -2.32. The normalized spacial score (nSPS) is 12.5. The van der Waals surface area contributed by atoms with Crippen molar-refractivity contribution in [2.24, 2.45) is 0 Å². The van der Waals surface area contributed by atoms with Gasteiger partial charge < -0.3 is 9.47 Å². The second-order valence-electron chi connectivity index (χ2n) is 8.28. The van der Waals surface area contributed by atoms with E-state index in [2.05, 4.69) is 44.7 Å². The molecule has 2 rings (SSSR count). The Bertz CT molecular complexity index is 733. The SMILES string of the molecule is CCOCc1ccc(OC(=O)CC(CCN(C(C)C)C(C)C)c2ccccc2)cc1. The molecule has 0 aliphatic heterocycles. The topological polar surface area (TPSA) is 38.8 Å². The Labute approximate surface area is 182 Å². The zero-order valence-corrected chi connectivity index (χ0v) is 19.1. The van der Waals surface area contributed by atoms with Gasteiger partial charge in [-0.05, 0) is 76.8 Å². The molecule has 2 aromatic rings. The number of esters is 1. The highest BCUT2D eigenvalue weighted by atomic mass is 16.5. The van der Waals surface area contributed by atoms with E-state index in [0.717, 1.165) is 18.5 Å². The first-order chi connectivity index (χ1) is 14.4. The van der Waals surface area contributed by atoms with Gasteiger partial charge in [-0.15, -0.1) is 0 Å². The van der Waals surface area contributed by atoms with Crippen LogP contribution in [0.1, 0.15) is 64.5 Å². The molecule has 0 aliphatic rings. The number of ether oxygens (including phenoxy) is 2. The summed E-state index contributed by atoms with van der Waals surface area (Å²) in [6, 6.07) is 18.8. The van der Waals surface area contributed by atoms with Crippen LogP contribution in [0.15, 0.2) is 54.6 Å². The minimum Gasteiger partial charge on any atom is -0.427 e. The summed E-state index contributed by atoms with van der Waals surface area (Å²) in [6.07, 6.45) is 1.29. The van der Waals surface area contributed by atoms with Gasteiger partial charge in [0, 0.05) is 18.7 Å². The fourth-order valence-electron chi connectivity index (χ4n) is 3.78. The summed E-state index contributed by atoms with van der Waals surface area (Å²) in [4.78, 5) is 15.2. The lowest BCUT2D eigenvalue weighted by Crippen LogP contribution is -2.38. The summed E-state index contributed by atoms with van der Waals surface area (Å²) in [6.45, 7) is 13.1. The van der Waals surface area contributed by atoms with Gasteiger partial charge in [0.1, 0.15) is 5.75 Å². The van der Waals surface area contributed by atoms with Crippen LogP contribution in [0.3, 0.4) is 0 Å². The van der Waals surface area contributed by atoms with E-state index >= 15 is 0 Å². The molecule has 0 aliphatic carbocycles. The lowest BCUT2D eigenvalue weighted by molar-refractivity contribution is -0.134. The van der Waals surface area contributed by atoms with Crippen LogP contribution >= 0.6 is 0 Å². The Morgan fingerprint density at radius 3 is 2.13 bits per heavy atom. The molecule has 1 unspecified atom stereocenters. The Kier molecular flexibility index (Phi) is 10.0. The summed E-state index contributed by atoms with van der Waals surface area (Å²) < 4.78 is 11.0. The van der Waals surface area contributed by atoms with E-state index in [9.17, 15) is 4.79 Å². The fourth-order valence-corrected chi connectivity index (χ4v) is 3.78. The van der Waals surface area contributed by atoms with E-state index in [1.54, 1.807) is 0 Å². The number of hydrogen-bond acceptors (Lipinski definition) is 4. The Morgan fingerprint density at radius 2 is 1.57 bits per heavy atom. The molecular weight excluding hydrogens is 374 g/mol. The molecule has 164 valence electrons. The van der Waals surface area contributed by atoms with Crippen LogP contribution in [0.2, 0.25) is 0 Å². The van der Waals surface area contributed by atoms with Crippen LogP contribution in [-0.4, -0.2) is 36.1 Å². The number of nitrogens with zero attached hydrogens (tertiary/aromatic N) is 1. The molecule has 4 heteroatoms. The molecule has 4 nitrogen and oxygen atoms in total. The molecule has 0 fully saturated rings. The van der Waals surface area contributed by atoms with Crippen molar-refractivity contribution in [3.05, 3.63) is 65.7 Å². The molecule has 0 amide bonds. The number of carbonyl (C=O) groups excluding carboxylic acids is 1. The monoisotopic (exact) mass is 411 g/mol. The average molecular weight is 412 g/mol. The van der Waals surface area contributed by atoms with Crippen molar-refractivity contribution in [2.45, 2.75) is 72.1 Å². The molecule has 0 saturated carbocycles. The van der Waals surface area contributed by atoms with Gasteiger partial charge in [-0.2, -0.15) is 0 Å². The molecule has 0 saturated heterocycles. The van der Waals surface area contributed by atoms with Crippen LogP contribution in [0.4, 0.5) is 0 Å². The molecule has 0 spiro atoms. The molecule has 30 heavy (non-hydrogen) atoms. The Hall–Kier alpha value is -2.17. The van der Waals surface area contributed by atoms with Crippen molar-refractivity contribution in [1.29, 1.82) is 0 Å². The first kappa shape index (κ1) is 24.1. The third-order valence-corrected chi connectivity index (χ3v) is 5.37. The van der Waals surface area contributed by atoms with Gasteiger partial charge in [0.2, 0.25) is 0 Å². The first-order valence-corrected chi connectivity index (χ1v) is 11.1. The van der Waals surface area contributed by atoms with Crippen LogP contribution in [0.5, 0.6) is 5.75 Å². The van der Waals surface area contributed by atoms with Crippen LogP contribution in [0, 0.1) is 0 Å². The van der Waals surface area contributed by atoms with Gasteiger partial charge in [-0.3, -0.25) is 9.69 Å². The zero-order valence-electron chi connectivity index (χ0n) is 19.1. The van der Waals surface area contributed by atoms with Crippen molar-refractivity contribution in [3.63, 3.8) is 0 Å². The molecule has 0 N–H and O–H groups in total. The molecular formula is C26H37NO3. The van der Waals surface area contributed by atoms with Gasteiger partial charge >= 0.3 is 5.97 Å². The maximum atomic E-state index is 12.7. The largest absolute Gasteiger partial charge is 0.427 e. The molecule has 0 radical (unpaired) electrons. The molecule has 2 aromatic carbocycles. The van der Waals surface area contributed by atoms with Crippen LogP contribution < -0.4 is 4.74 Å². The predicted octanol–water partition coefficient (Wildman–Crippen LogP) is 5.81. The summed E-state index contributed by atoms with van der Waals surface area (Å²) in [5, 5.41) is 0. The molecule has 0 aromatic heterocycles. The van der Waals surface area contributed by atoms with Gasteiger partial charge in [0.15, 0.2) is 0 Å². The standard InChI is InChI=1S/C26H37NO3/c1-6-29-19-22-12-14-25(15-13-22)30-26(28)18-24(23-10-8-7-9-11-23)16-17-27(20(2)3)21(4)5/h7-15,20-21,24H,6,16-19H2,1-5H3. The minimum absolute atomic E-state index is 0.135. The van der Waals surface area contributed by atoms with E-state index in [0.29, 0.717) is 37.5 Å². The van der Waals surface area contributed by atoms with Crippen molar-refractivity contribution >= 4 is 5.97 Å². The van der Waals surface area contributed by atoms with Crippen molar-refractivity contribution in [3.8, 4) is 5.75 Å². The van der Waals surface area contributed by atoms with Gasteiger partial charge in [0.05, 0.1) is 13.0 Å². The van der Waals surface area contributed by atoms with Crippen LogP contribution in [0.25, 0.3) is 0 Å². The molecule has 0 bridgehead atoms. The van der Waals surface area contributed by atoms with Crippen molar-refractivity contribution in [2.75, 3.05) is 13.2 Å². The van der Waals surface area contributed by atoms with E-state index < -0.39 is 0 Å². The second kappa shape index (κ2) is 12.5. The highest BCUT2D eigenvalue weighted by Crippen LogP contribution is 2.26. The maximum Gasteiger partial charge on any atom is 0.311 e. The minimum atomic E-state index is -0.193. The number of benzene rings is 2. The summed E-state index contributed by atoms with van der Waals surface area (Å²) >= 11 is 0. The maximum absolute atomic E-state index is 12.7. The second-order valence-corrected chi connectivity index (χ2v) is 8.28. The molecule has 0 heterocycles. The van der Waals surface area contributed by atoms with Crippen LogP contribution in [-0.2, 0) is 16.1 Å². The van der Waals surface area contributed by atoms with Crippen molar-refractivity contribution < 1.29 is 14.3 Å². The highest BCUT2D eigenvalue weighted by Gasteiger charge is 2.21. The average Bonchev–Trinajstić information content (AvgIpc) is 2.72. The lowest BCUT2D eigenvalue weighted by atomic mass is 9.92. The Morgan fingerprint density at radius 1 is 0.933 bits per heavy atom. The third kappa shape index (κ3) is 7.92. The fraction of sp³-hybridized carbons (Fsp3) is 0.500. The summed E-state index contributed by atoms with van der Waals surface area (Å²) in [5.74, 6) is 0.524. The van der Waals surface area contributed by atoms with E-state index in [1.807, 2.05) is 49.4 Å². The number of hydrogen-bond donors (Lipinski definition) is 0. The summed E-state index contributed by atoms with van der Waals surface area (Å²) in [5.41, 5.74) is 2.26.